The van der Waals surface area contributed by atoms with Gasteiger partial charge in [0.05, 0.1) is 0 Å². The van der Waals surface area contributed by atoms with Gasteiger partial charge in [0, 0.05) is 17.6 Å². The fourth-order valence-electron chi connectivity index (χ4n) is 4.81. The van der Waals surface area contributed by atoms with Gasteiger partial charge in [0.25, 0.3) is 0 Å². The van der Waals surface area contributed by atoms with E-state index in [1.807, 2.05) is 0 Å². The molecule has 0 amide bonds. The Morgan fingerprint density at radius 3 is 1.85 bits per heavy atom. The summed E-state index contributed by atoms with van der Waals surface area (Å²) >= 11 is 0. The van der Waals surface area contributed by atoms with Crippen LogP contribution in [0.1, 0.15) is 82.1 Å². The van der Waals surface area contributed by atoms with Crippen molar-refractivity contribution in [3.63, 3.8) is 0 Å². The van der Waals surface area contributed by atoms with Gasteiger partial charge in [-0.25, -0.2) is 0 Å². The van der Waals surface area contributed by atoms with Crippen LogP contribution in [0.2, 0.25) is 0 Å². The Labute approximate surface area is 128 Å². The second-order valence-electron chi connectivity index (χ2n) is 9.12. The van der Waals surface area contributed by atoms with Gasteiger partial charge in [-0.1, -0.05) is 34.6 Å². The maximum absolute atomic E-state index is 2.78. The molecule has 0 aliphatic carbocycles. The first-order valence-electron chi connectivity index (χ1n) is 8.70. The Kier molecular flexibility index (Phi) is 5.39. The summed E-state index contributed by atoms with van der Waals surface area (Å²) in [6.07, 6.45) is 2.68. The molecule has 0 aromatic carbocycles. The summed E-state index contributed by atoms with van der Waals surface area (Å²) in [6, 6.07) is 1.28. The van der Waals surface area contributed by atoms with Gasteiger partial charge in [0.15, 0.2) is 0 Å². The summed E-state index contributed by atoms with van der Waals surface area (Å²) in [4.78, 5) is 2.78. The van der Waals surface area contributed by atoms with Crippen LogP contribution in [0.15, 0.2) is 0 Å². The molecule has 1 nitrogen and oxygen atoms in total. The standard InChI is InChI=1S/C19H39N/c1-13(2)17-12-18(7,8)19(9,10)20(14(3)4)16(6)11-15(17)5/h13-17H,11-12H2,1-10H3. The zero-order valence-corrected chi connectivity index (χ0v) is 15.7. The third-order valence-electron chi connectivity index (χ3n) is 6.38. The molecule has 0 spiro atoms. The summed E-state index contributed by atoms with van der Waals surface area (Å²) in [7, 11) is 0. The van der Waals surface area contributed by atoms with Crippen molar-refractivity contribution in [1.82, 2.24) is 4.90 Å². The first-order valence-corrected chi connectivity index (χ1v) is 8.70. The van der Waals surface area contributed by atoms with E-state index in [1.54, 1.807) is 0 Å². The molecule has 0 aromatic heterocycles. The molecule has 1 aliphatic rings. The molecular weight excluding hydrogens is 242 g/mol. The van der Waals surface area contributed by atoms with E-state index in [9.17, 15) is 0 Å². The van der Waals surface area contributed by atoms with Gasteiger partial charge in [0.2, 0.25) is 0 Å². The molecule has 3 unspecified atom stereocenters. The maximum atomic E-state index is 2.78. The van der Waals surface area contributed by atoms with E-state index < -0.39 is 0 Å². The molecule has 1 heterocycles. The fourth-order valence-corrected chi connectivity index (χ4v) is 4.81. The maximum Gasteiger partial charge on any atom is 0.0209 e. The van der Waals surface area contributed by atoms with E-state index in [4.69, 9.17) is 0 Å². The van der Waals surface area contributed by atoms with Crippen LogP contribution in [0, 0.1) is 23.2 Å². The minimum absolute atomic E-state index is 0.244. The number of hydrogen-bond donors (Lipinski definition) is 0. The van der Waals surface area contributed by atoms with Crippen LogP contribution >= 0.6 is 0 Å². The van der Waals surface area contributed by atoms with Gasteiger partial charge in [0.1, 0.15) is 0 Å². The molecule has 0 N–H and O–H groups in total. The van der Waals surface area contributed by atoms with Crippen molar-refractivity contribution in [2.75, 3.05) is 0 Å². The Hall–Kier alpha value is -0.0400. The third-order valence-corrected chi connectivity index (χ3v) is 6.38. The largest absolute Gasteiger partial charge is 0.293 e. The predicted molar refractivity (Wildman–Crippen MR) is 91.0 cm³/mol. The summed E-state index contributed by atoms with van der Waals surface area (Å²) in [5.74, 6) is 2.46. The summed E-state index contributed by atoms with van der Waals surface area (Å²) in [6.45, 7) is 24.4. The first kappa shape index (κ1) is 18.0. The highest BCUT2D eigenvalue weighted by Gasteiger charge is 2.48. The molecule has 3 atom stereocenters. The molecule has 0 aromatic rings. The Morgan fingerprint density at radius 1 is 0.950 bits per heavy atom. The molecule has 0 saturated carbocycles. The first-order chi connectivity index (χ1) is 8.91. The average Bonchev–Trinajstić information content (AvgIpc) is 2.22. The number of rotatable bonds is 2. The van der Waals surface area contributed by atoms with Gasteiger partial charge in [-0.3, -0.25) is 4.90 Å². The lowest BCUT2D eigenvalue weighted by atomic mass is 9.61. The lowest BCUT2D eigenvalue weighted by Crippen LogP contribution is -2.61. The van der Waals surface area contributed by atoms with Gasteiger partial charge in [-0.05, 0) is 70.6 Å². The van der Waals surface area contributed by atoms with Crippen LogP contribution < -0.4 is 0 Å². The van der Waals surface area contributed by atoms with Crippen molar-refractivity contribution in [2.24, 2.45) is 23.2 Å². The predicted octanol–water partition coefficient (Wildman–Crippen LogP) is 5.59. The van der Waals surface area contributed by atoms with E-state index in [0.717, 1.165) is 17.8 Å². The van der Waals surface area contributed by atoms with Crippen molar-refractivity contribution in [3.05, 3.63) is 0 Å². The van der Waals surface area contributed by atoms with E-state index in [2.05, 4.69) is 74.1 Å². The normalized spacial score (nSPS) is 35.1. The van der Waals surface area contributed by atoms with Crippen molar-refractivity contribution in [2.45, 2.75) is 99.7 Å². The molecule has 120 valence electrons. The molecule has 1 rings (SSSR count). The van der Waals surface area contributed by atoms with Gasteiger partial charge >= 0.3 is 0 Å². The van der Waals surface area contributed by atoms with Crippen LogP contribution in [-0.2, 0) is 0 Å². The average molecular weight is 282 g/mol. The highest BCUT2D eigenvalue weighted by molar-refractivity contribution is 5.01. The summed E-state index contributed by atoms with van der Waals surface area (Å²) < 4.78 is 0. The van der Waals surface area contributed by atoms with Gasteiger partial charge in [-0.15, -0.1) is 0 Å². The van der Waals surface area contributed by atoms with Crippen LogP contribution in [0.5, 0.6) is 0 Å². The van der Waals surface area contributed by atoms with E-state index in [0.29, 0.717) is 17.5 Å². The number of hydrogen-bond acceptors (Lipinski definition) is 1. The topological polar surface area (TPSA) is 3.24 Å². The monoisotopic (exact) mass is 281 g/mol. The van der Waals surface area contributed by atoms with Crippen molar-refractivity contribution >= 4 is 0 Å². The van der Waals surface area contributed by atoms with E-state index in [1.165, 1.54) is 12.8 Å². The third kappa shape index (κ3) is 3.24. The molecule has 1 aliphatic heterocycles. The minimum Gasteiger partial charge on any atom is -0.293 e. The lowest BCUT2D eigenvalue weighted by Gasteiger charge is -2.57. The Morgan fingerprint density at radius 2 is 1.45 bits per heavy atom. The van der Waals surface area contributed by atoms with Crippen LogP contribution in [-0.4, -0.2) is 22.5 Å². The van der Waals surface area contributed by atoms with E-state index >= 15 is 0 Å². The molecule has 0 bridgehead atoms. The molecule has 1 saturated heterocycles. The van der Waals surface area contributed by atoms with Crippen molar-refractivity contribution < 1.29 is 0 Å². The molecule has 0 radical (unpaired) electrons. The van der Waals surface area contributed by atoms with Crippen molar-refractivity contribution in [1.29, 1.82) is 0 Å². The molecular formula is C19H39N. The lowest BCUT2D eigenvalue weighted by molar-refractivity contribution is -0.0786. The molecule has 20 heavy (non-hydrogen) atoms. The van der Waals surface area contributed by atoms with Crippen LogP contribution in [0.3, 0.4) is 0 Å². The fraction of sp³-hybridized carbons (Fsp3) is 1.00. The highest BCUT2D eigenvalue weighted by Crippen LogP contribution is 2.48. The van der Waals surface area contributed by atoms with Crippen LogP contribution in [0.25, 0.3) is 0 Å². The van der Waals surface area contributed by atoms with E-state index in [-0.39, 0.29) is 5.54 Å². The smallest absolute Gasteiger partial charge is 0.0209 e. The SMILES string of the molecule is CC(C)C1CC(C)(C)C(C)(C)N(C(C)C)C(C)CC1C. The second kappa shape index (κ2) is 5.99. The zero-order chi connectivity index (χ0) is 15.9. The Balaban J connectivity index is 3.23. The molecule has 1 heteroatoms. The van der Waals surface area contributed by atoms with Gasteiger partial charge < -0.3 is 0 Å². The highest BCUT2D eigenvalue weighted by atomic mass is 15.2. The Bertz CT molecular complexity index is 314. The van der Waals surface area contributed by atoms with Crippen molar-refractivity contribution in [3.8, 4) is 0 Å². The van der Waals surface area contributed by atoms with Crippen LogP contribution in [0.4, 0.5) is 0 Å². The minimum atomic E-state index is 0.244. The number of likely N-dealkylation sites (tertiary alicyclic amines) is 1. The van der Waals surface area contributed by atoms with Gasteiger partial charge in [-0.2, -0.15) is 0 Å². The zero-order valence-electron chi connectivity index (χ0n) is 15.7. The number of nitrogens with zero attached hydrogens (tertiary/aromatic N) is 1. The summed E-state index contributed by atoms with van der Waals surface area (Å²) in [5.41, 5.74) is 0.586. The summed E-state index contributed by atoms with van der Waals surface area (Å²) in [5, 5.41) is 0. The molecule has 1 fully saturated rings. The quantitative estimate of drug-likeness (QED) is 0.637. The second-order valence-corrected chi connectivity index (χ2v) is 9.12.